The lowest BCUT2D eigenvalue weighted by atomic mass is 9.89. The summed E-state index contributed by atoms with van der Waals surface area (Å²) in [7, 11) is 0. The van der Waals surface area contributed by atoms with Gasteiger partial charge in [0.15, 0.2) is 11.5 Å². The van der Waals surface area contributed by atoms with Gasteiger partial charge in [-0.25, -0.2) is 0 Å². The maximum atomic E-state index is 9.25. The molecule has 1 aromatic carbocycles. The van der Waals surface area contributed by atoms with Crippen LogP contribution in [0.5, 0.6) is 11.5 Å². The minimum absolute atomic E-state index is 0.0575. The van der Waals surface area contributed by atoms with Gasteiger partial charge < -0.3 is 25.2 Å². The van der Waals surface area contributed by atoms with Crippen molar-refractivity contribution in [3.8, 4) is 11.5 Å². The van der Waals surface area contributed by atoms with Gasteiger partial charge in [-0.05, 0) is 25.0 Å². The van der Waals surface area contributed by atoms with E-state index in [0.717, 1.165) is 43.1 Å². The second-order valence-corrected chi connectivity index (χ2v) is 5.05. The molecule has 98 valence electrons. The van der Waals surface area contributed by atoms with E-state index in [9.17, 15) is 5.11 Å². The Hall–Kier alpha value is -1.46. The SMILES string of the molecule is NC1(CO)CCN(c2ccc3c(c2)OCO3)CC1. The molecule has 0 bridgehead atoms. The number of nitrogens with two attached hydrogens (primary N) is 1. The summed E-state index contributed by atoms with van der Waals surface area (Å²) in [6, 6.07) is 5.98. The van der Waals surface area contributed by atoms with Crippen molar-refractivity contribution in [2.75, 3.05) is 31.4 Å². The summed E-state index contributed by atoms with van der Waals surface area (Å²) in [5.74, 6) is 1.61. The van der Waals surface area contributed by atoms with Gasteiger partial charge in [0.2, 0.25) is 6.79 Å². The number of nitrogens with zero attached hydrogens (tertiary/aromatic N) is 1. The molecular formula is C13H18N2O3. The van der Waals surface area contributed by atoms with E-state index in [0.29, 0.717) is 6.79 Å². The van der Waals surface area contributed by atoms with Crippen molar-refractivity contribution in [1.29, 1.82) is 0 Å². The monoisotopic (exact) mass is 250 g/mol. The first-order valence-corrected chi connectivity index (χ1v) is 6.25. The zero-order valence-electron chi connectivity index (χ0n) is 10.3. The Morgan fingerprint density at radius 2 is 1.94 bits per heavy atom. The van der Waals surface area contributed by atoms with Gasteiger partial charge in [0.05, 0.1) is 6.61 Å². The van der Waals surface area contributed by atoms with E-state index in [2.05, 4.69) is 4.90 Å². The predicted molar refractivity (Wildman–Crippen MR) is 68.0 cm³/mol. The van der Waals surface area contributed by atoms with Gasteiger partial charge in [-0.3, -0.25) is 0 Å². The molecule has 1 fully saturated rings. The number of ether oxygens (including phenoxy) is 2. The molecule has 1 aromatic rings. The van der Waals surface area contributed by atoms with E-state index in [1.54, 1.807) is 0 Å². The Morgan fingerprint density at radius 1 is 1.22 bits per heavy atom. The topological polar surface area (TPSA) is 68.0 Å². The normalized spacial score (nSPS) is 21.1. The standard InChI is InChI=1S/C13H18N2O3/c14-13(8-16)3-5-15(6-4-13)10-1-2-11-12(7-10)18-9-17-11/h1-2,7,16H,3-6,8-9,14H2. The second-order valence-electron chi connectivity index (χ2n) is 5.05. The highest BCUT2D eigenvalue weighted by molar-refractivity contribution is 5.57. The molecule has 3 N–H and O–H groups in total. The molecule has 0 saturated carbocycles. The van der Waals surface area contributed by atoms with Crippen molar-refractivity contribution in [3.05, 3.63) is 18.2 Å². The minimum atomic E-state index is -0.410. The smallest absolute Gasteiger partial charge is 0.231 e. The molecule has 2 aliphatic heterocycles. The molecule has 0 atom stereocenters. The molecule has 0 aromatic heterocycles. The van der Waals surface area contributed by atoms with Crippen LogP contribution in [0.15, 0.2) is 18.2 Å². The number of hydrogen-bond donors (Lipinski definition) is 2. The van der Waals surface area contributed by atoms with Gasteiger partial charge in [-0.2, -0.15) is 0 Å². The third-order valence-corrected chi connectivity index (χ3v) is 3.80. The van der Waals surface area contributed by atoms with Crippen molar-refractivity contribution in [2.24, 2.45) is 5.73 Å². The van der Waals surface area contributed by atoms with Crippen molar-refractivity contribution in [3.63, 3.8) is 0 Å². The third-order valence-electron chi connectivity index (χ3n) is 3.80. The van der Waals surface area contributed by atoms with Crippen LogP contribution in [0.4, 0.5) is 5.69 Å². The van der Waals surface area contributed by atoms with E-state index < -0.39 is 5.54 Å². The van der Waals surface area contributed by atoms with Gasteiger partial charge in [0.25, 0.3) is 0 Å². The highest BCUT2D eigenvalue weighted by atomic mass is 16.7. The number of fused-ring (bicyclic) bond motifs is 1. The summed E-state index contributed by atoms with van der Waals surface area (Å²) >= 11 is 0. The molecule has 5 nitrogen and oxygen atoms in total. The van der Waals surface area contributed by atoms with Crippen LogP contribution < -0.4 is 20.1 Å². The Kier molecular flexibility index (Phi) is 2.80. The Labute approximate surface area is 106 Å². The third kappa shape index (κ3) is 2.00. The number of rotatable bonds is 2. The van der Waals surface area contributed by atoms with E-state index in [-0.39, 0.29) is 6.61 Å². The number of aliphatic hydroxyl groups excluding tert-OH is 1. The maximum Gasteiger partial charge on any atom is 0.231 e. The molecule has 0 amide bonds. The number of hydrogen-bond acceptors (Lipinski definition) is 5. The average molecular weight is 250 g/mol. The highest BCUT2D eigenvalue weighted by Gasteiger charge is 2.30. The summed E-state index contributed by atoms with van der Waals surface area (Å²) < 4.78 is 10.7. The zero-order valence-corrected chi connectivity index (χ0v) is 10.3. The summed E-state index contributed by atoms with van der Waals surface area (Å²) in [6.45, 7) is 2.07. The fourth-order valence-electron chi connectivity index (χ4n) is 2.45. The summed E-state index contributed by atoms with van der Waals surface area (Å²) in [5, 5.41) is 9.25. The molecule has 0 radical (unpaired) electrons. The number of aliphatic hydroxyl groups is 1. The van der Waals surface area contributed by atoms with E-state index in [4.69, 9.17) is 15.2 Å². The second kappa shape index (κ2) is 4.33. The van der Waals surface area contributed by atoms with Gasteiger partial charge in [-0.1, -0.05) is 0 Å². The Morgan fingerprint density at radius 3 is 2.67 bits per heavy atom. The van der Waals surface area contributed by atoms with Gasteiger partial charge in [0, 0.05) is 30.4 Å². The van der Waals surface area contributed by atoms with Crippen LogP contribution in [-0.2, 0) is 0 Å². The molecule has 3 rings (SSSR count). The van der Waals surface area contributed by atoms with Crippen LogP contribution in [-0.4, -0.2) is 37.1 Å². The van der Waals surface area contributed by atoms with Gasteiger partial charge >= 0.3 is 0 Å². The maximum absolute atomic E-state index is 9.25. The van der Waals surface area contributed by atoms with Crippen LogP contribution in [0.3, 0.4) is 0 Å². The molecule has 1 saturated heterocycles. The quantitative estimate of drug-likeness (QED) is 0.809. The first-order valence-electron chi connectivity index (χ1n) is 6.25. The lowest BCUT2D eigenvalue weighted by Crippen LogP contribution is -2.52. The lowest BCUT2D eigenvalue weighted by molar-refractivity contribution is 0.170. The largest absolute Gasteiger partial charge is 0.454 e. The predicted octanol–water partition coefficient (Wildman–Crippen LogP) is 0.705. The van der Waals surface area contributed by atoms with Crippen molar-refractivity contribution in [2.45, 2.75) is 18.4 Å². The molecule has 18 heavy (non-hydrogen) atoms. The number of anilines is 1. The van der Waals surface area contributed by atoms with E-state index in [1.807, 2.05) is 18.2 Å². The van der Waals surface area contributed by atoms with Crippen LogP contribution in [0.25, 0.3) is 0 Å². The van der Waals surface area contributed by atoms with E-state index >= 15 is 0 Å². The summed E-state index contributed by atoms with van der Waals surface area (Å²) in [6.07, 6.45) is 1.61. The molecule has 0 spiro atoms. The fourth-order valence-corrected chi connectivity index (χ4v) is 2.45. The zero-order chi connectivity index (χ0) is 12.6. The average Bonchev–Trinajstić information content (AvgIpc) is 2.87. The van der Waals surface area contributed by atoms with E-state index in [1.165, 1.54) is 0 Å². The van der Waals surface area contributed by atoms with Crippen LogP contribution >= 0.6 is 0 Å². The van der Waals surface area contributed by atoms with Gasteiger partial charge in [0.1, 0.15) is 0 Å². The highest BCUT2D eigenvalue weighted by Crippen LogP contribution is 2.36. The fraction of sp³-hybridized carbons (Fsp3) is 0.538. The van der Waals surface area contributed by atoms with Crippen molar-refractivity contribution in [1.82, 2.24) is 0 Å². The molecule has 5 heteroatoms. The van der Waals surface area contributed by atoms with Crippen molar-refractivity contribution < 1.29 is 14.6 Å². The van der Waals surface area contributed by atoms with Crippen LogP contribution in [0.1, 0.15) is 12.8 Å². The molecule has 0 unspecified atom stereocenters. The first-order chi connectivity index (χ1) is 8.70. The summed E-state index contributed by atoms with van der Waals surface area (Å²) in [5.41, 5.74) is 6.78. The van der Waals surface area contributed by atoms with Gasteiger partial charge in [-0.15, -0.1) is 0 Å². The Bertz CT molecular complexity index is 442. The van der Waals surface area contributed by atoms with Crippen molar-refractivity contribution >= 4 is 5.69 Å². The molecule has 2 heterocycles. The first kappa shape index (κ1) is 11.6. The number of piperidine rings is 1. The number of benzene rings is 1. The van der Waals surface area contributed by atoms with Crippen LogP contribution in [0.2, 0.25) is 0 Å². The van der Waals surface area contributed by atoms with Crippen LogP contribution in [0, 0.1) is 0 Å². The summed E-state index contributed by atoms with van der Waals surface area (Å²) in [4.78, 5) is 2.27. The molecular weight excluding hydrogens is 232 g/mol. The lowest BCUT2D eigenvalue weighted by Gasteiger charge is -2.39. The molecule has 2 aliphatic rings. The molecule has 0 aliphatic carbocycles. The minimum Gasteiger partial charge on any atom is -0.454 e. The Balaban J connectivity index is 1.73.